The van der Waals surface area contributed by atoms with Crippen LogP contribution in [0.3, 0.4) is 0 Å². The second-order valence-corrected chi connectivity index (χ2v) is 6.21. The smallest absolute Gasteiger partial charge is 0.304 e. The molecule has 0 amide bonds. The largest absolute Gasteiger partial charge is 0.481 e. The molecular formula is C21H23NO3. The van der Waals surface area contributed by atoms with Crippen LogP contribution in [0.15, 0.2) is 54.6 Å². The van der Waals surface area contributed by atoms with Crippen LogP contribution in [0.1, 0.15) is 29.2 Å². The summed E-state index contributed by atoms with van der Waals surface area (Å²) in [6, 6.07) is 18.6. The summed E-state index contributed by atoms with van der Waals surface area (Å²) >= 11 is 0. The van der Waals surface area contributed by atoms with Gasteiger partial charge < -0.3 is 9.84 Å². The summed E-state index contributed by atoms with van der Waals surface area (Å²) in [6.07, 6.45) is 4.38. The second-order valence-electron chi connectivity index (χ2n) is 6.21. The highest BCUT2D eigenvalue weighted by Gasteiger charge is 2.22. The van der Waals surface area contributed by atoms with E-state index >= 15 is 0 Å². The molecule has 25 heavy (non-hydrogen) atoms. The minimum absolute atomic E-state index is 0.00898. The van der Waals surface area contributed by atoms with Gasteiger partial charge in [0.15, 0.2) is 0 Å². The summed E-state index contributed by atoms with van der Waals surface area (Å²) in [4.78, 5) is 12.9. The first-order chi connectivity index (χ1) is 12.2. The number of ether oxygens (including phenoxy) is 1. The van der Waals surface area contributed by atoms with Crippen molar-refractivity contribution < 1.29 is 14.6 Å². The van der Waals surface area contributed by atoms with Crippen LogP contribution in [-0.2, 0) is 9.53 Å². The standard InChI is InChI=1S/C21H23NO3/c23-21(24)12-13-22-14-15-25-20(16-22)19-10-8-18(9-11-19)7-6-17-4-2-1-3-5-17/h1-11,20H,12-16H2,(H,23,24). The number of aliphatic carboxylic acids is 1. The fraction of sp³-hybridized carbons (Fsp3) is 0.286. The number of rotatable bonds is 6. The molecule has 0 saturated carbocycles. The number of carboxylic acid groups (broad SMARTS) is 1. The van der Waals surface area contributed by atoms with E-state index in [0.717, 1.165) is 24.2 Å². The Hall–Kier alpha value is -2.43. The molecule has 1 aliphatic heterocycles. The average Bonchev–Trinajstić information content (AvgIpc) is 2.66. The number of carboxylic acids is 1. The first kappa shape index (κ1) is 17.4. The van der Waals surface area contributed by atoms with Gasteiger partial charge in [-0.3, -0.25) is 9.69 Å². The van der Waals surface area contributed by atoms with E-state index < -0.39 is 5.97 Å². The molecule has 4 nitrogen and oxygen atoms in total. The summed E-state index contributed by atoms with van der Waals surface area (Å²) in [5.74, 6) is -0.752. The zero-order chi connectivity index (χ0) is 17.5. The lowest BCUT2D eigenvalue weighted by molar-refractivity contribution is -0.137. The predicted molar refractivity (Wildman–Crippen MR) is 99.2 cm³/mol. The summed E-state index contributed by atoms with van der Waals surface area (Å²) in [6.45, 7) is 2.75. The summed E-state index contributed by atoms with van der Waals surface area (Å²) in [7, 11) is 0. The maximum Gasteiger partial charge on any atom is 0.304 e. The summed E-state index contributed by atoms with van der Waals surface area (Å²) in [5, 5.41) is 8.83. The van der Waals surface area contributed by atoms with Crippen LogP contribution in [0.5, 0.6) is 0 Å². The van der Waals surface area contributed by atoms with Crippen molar-refractivity contribution in [3.05, 3.63) is 71.3 Å². The molecule has 0 aliphatic carbocycles. The van der Waals surface area contributed by atoms with Crippen LogP contribution >= 0.6 is 0 Å². The van der Waals surface area contributed by atoms with Gasteiger partial charge in [0, 0.05) is 19.6 Å². The van der Waals surface area contributed by atoms with Gasteiger partial charge in [-0.25, -0.2) is 0 Å². The Morgan fingerprint density at radius 3 is 2.44 bits per heavy atom. The first-order valence-corrected chi connectivity index (χ1v) is 8.59. The Labute approximate surface area is 148 Å². The Balaban J connectivity index is 1.60. The van der Waals surface area contributed by atoms with Gasteiger partial charge in [0.05, 0.1) is 19.1 Å². The van der Waals surface area contributed by atoms with Crippen LogP contribution in [0, 0.1) is 0 Å². The third-order valence-corrected chi connectivity index (χ3v) is 4.37. The number of hydrogen-bond acceptors (Lipinski definition) is 3. The number of nitrogens with zero attached hydrogens (tertiary/aromatic N) is 1. The van der Waals surface area contributed by atoms with E-state index in [4.69, 9.17) is 9.84 Å². The molecule has 130 valence electrons. The molecule has 0 spiro atoms. The van der Waals surface area contributed by atoms with E-state index in [1.165, 1.54) is 5.56 Å². The lowest BCUT2D eigenvalue weighted by atomic mass is 10.0. The highest BCUT2D eigenvalue weighted by Crippen LogP contribution is 2.23. The Bertz CT molecular complexity index is 710. The Morgan fingerprint density at radius 2 is 1.76 bits per heavy atom. The van der Waals surface area contributed by atoms with Crippen LogP contribution in [0.25, 0.3) is 12.2 Å². The fourth-order valence-electron chi connectivity index (χ4n) is 2.94. The molecule has 1 unspecified atom stereocenters. The van der Waals surface area contributed by atoms with Crippen molar-refractivity contribution in [2.24, 2.45) is 0 Å². The van der Waals surface area contributed by atoms with Gasteiger partial charge in [0.25, 0.3) is 0 Å². The summed E-state index contributed by atoms with van der Waals surface area (Å²) in [5.41, 5.74) is 3.46. The van der Waals surface area contributed by atoms with Crippen LogP contribution in [0.2, 0.25) is 0 Å². The molecule has 0 bridgehead atoms. The summed E-state index contributed by atoms with van der Waals surface area (Å²) < 4.78 is 5.86. The maximum atomic E-state index is 10.7. The number of benzene rings is 2. The van der Waals surface area contributed by atoms with E-state index in [9.17, 15) is 4.79 Å². The highest BCUT2D eigenvalue weighted by molar-refractivity contribution is 5.69. The Morgan fingerprint density at radius 1 is 1.08 bits per heavy atom. The van der Waals surface area contributed by atoms with E-state index in [1.807, 2.05) is 18.2 Å². The monoisotopic (exact) mass is 337 g/mol. The SMILES string of the molecule is O=C(O)CCN1CCOC(c2ccc(C=Cc3ccccc3)cc2)C1. The second kappa shape index (κ2) is 8.60. The third-order valence-electron chi connectivity index (χ3n) is 4.37. The van der Waals surface area contributed by atoms with Crippen molar-refractivity contribution in [1.82, 2.24) is 4.90 Å². The lowest BCUT2D eigenvalue weighted by Crippen LogP contribution is -2.39. The third kappa shape index (κ3) is 5.28. The molecule has 1 saturated heterocycles. The molecule has 2 aromatic carbocycles. The minimum atomic E-state index is -0.752. The van der Waals surface area contributed by atoms with Crippen molar-refractivity contribution >= 4 is 18.1 Å². The van der Waals surface area contributed by atoms with Gasteiger partial charge in [0.1, 0.15) is 0 Å². The minimum Gasteiger partial charge on any atom is -0.481 e. The molecule has 2 aromatic rings. The zero-order valence-corrected chi connectivity index (χ0v) is 14.2. The van der Waals surface area contributed by atoms with Gasteiger partial charge >= 0.3 is 5.97 Å². The van der Waals surface area contributed by atoms with E-state index in [-0.39, 0.29) is 12.5 Å². The van der Waals surface area contributed by atoms with Crippen LogP contribution < -0.4 is 0 Å². The van der Waals surface area contributed by atoms with E-state index in [1.54, 1.807) is 0 Å². The lowest BCUT2D eigenvalue weighted by Gasteiger charge is -2.32. The molecular weight excluding hydrogens is 314 g/mol. The van der Waals surface area contributed by atoms with Gasteiger partial charge in [-0.1, -0.05) is 66.7 Å². The topological polar surface area (TPSA) is 49.8 Å². The highest BCUT2D eigenvalue weighted by atomic mass is 16.5. The normalized spacial score (nSPS) is 18.5. The maximum absolute atomic E-state index is 10.7. The quantitative estimate of drug-likeness (QED) is 0.817. The van der Waals surface area contributed by atoms with Crippen molar-refractivity contribution in [2.45, 2.75) is 12.5 Å². The molecule has 1 atom stereocenters. The van der Waals surface area contributed by atoms with Gasteiger partial charge in [0.2, 0.25) is 0 Å². The number of carbonyl (C=O) groups is 1. The van der Waals surface area contributed by atoms with Gasteiger partial charge in [-0.2, -0.15) is 0 Å². The van der Waals surface area contributed by atoms with E-state index in [0.29, 0.717) is 13.2 Å². The van der Waals surface area contributed by atoms with Crippen LogP contribution in [0.4, 0.5) is 0 Å². The molecule has 1 N–H and O–H groups in total. The van der Waals surface area contributed by atoms with Gasteiger partial charge in [-0.15, -0.1) is 0 Å². The predicted octanol–water partition coefficient (Wildman–Crippen LogP) is 3.71. The molecule has 1 aliphatic rings. The molecule has 1 heterocycles. The van der Waals surface area contributed by atoms with Crippen molar-refractivity contribution in [3.63, 3.8) is 0 Å². The zero-order valence-electron chi connectivity index (χ0n) is 14.2. The van der Waals surface area contributed by atoms with E-state index in [2.05, 4.69) is 53.5 Å². The molecule has 3 rings (SSSR count). The molecule has 0 aromatic heterocycles. The van der Waals surface area contributed by atoms with Crippen molar-refractivity contribution in [3.8, 4) is 0 Å². The van der Waals surface area contributed by atoms with Crippen LogP contribution in [-0.4, -0.2) is 42.2 Å². The molecule has 0 radical (unpaired) electrons. The average molecular weight is 337 g/mol. The molecule has 4 heteroatoms. The number of hydrogen-bond donors (Lipinski definition) is 1. The number of morpholine rings is 1. The van der Waals surface area contributed by atoms with Crippen molar-refractivity contribution in [1.29, 1.82) is 0 Å². The Kier molecular flexibility index (Phi) is 5.99. The van der Waals surface area contributed by atoms with Gasteiger partial charge in [-0.05, 0) is 16.7 Å². The first-order valence-electron chi connectivity index (χ1n) is 8.59. The fourth-order valence-corrected chi connectivity index (χ4v) is 2.94. The van der Waals surface area contributed by atoms with Crippen molar-refractivity contribution in [2.75, 3.05) is 26.2 Å². The molecule has 1 fully saturated rings.